The number of nitro groups is 1. The van der Waals surface area contributed by atoms with E-state index in [1.807, 2.05) is 0 Å². The van der Waals surface area contributed by atoms with Gasteiger partial charge in [-0.1, -0.05) is 28.9 Å². The first-order chi connectivity index (χ1) is 14.8. The first-order valence-electron chi connectivity index (χ1n) is 8.78. The van der Waals surface area contributed by atoms with E-state index in [0.717, 1.165) is 0 Å². The Bertz CT molecular complexity index is 1150. The molecule has 2 N–H and O–H groups in total. The van der Waals surface area contributed by atoms with Crippen LogP contribution in [-0.4, -0.2) is 49.7 Å². The van der Waals surface area contributed by atoms with Crippen LogP contribution in [-0.2, 0) is 6.54 Å². The van der Waals surface area contributed by atoms with Gasteiger partial charge in [0.15, 0.2) is 10.8 Å². The Kier molecular flexibility index (Phi) is 6.55. The third kappa shape index (κ3) is 5.01. The van der Waals surface area contributed by atoms with Crippen LogP contribution in [0.2, 0.25) is 5.02 Å². The van der Waals surface area contributed by atoms with Crippen molar-refractivity contribution in [3.63, 3.8) is 0 Å². The Morgan fingerprint density at radius 2 is 1.94 bits per heavy atom. The Labute approximate surface area is 178 Å². The summed E-state index contributed by atoms with van der Waals surface area (Å²) in [4.78, 5) is 38.1. The fourth-order valence-electron chi connectivity index (χ4n) is 2.49. The van der Waals surface area contributed by atoms with Gasteiger partial charge in [0.1, 0.15) is 12.4 Å². The van der Waals surface area contributed by atoms with Crippen LogP contribution in [0.1, 0.15) is 32.6 Å². The lowest BCUT2D eigenvalue weighted by atomic mass is 10.2. The molecule has 2 amide bonds. The van der Waals surface area contributed by atoms with Crippen LogP contribution in [0.15, 0.2) is 28.8 Å². The number of benzene rings is 1. The van der Waals surface area contributed by atoms with Crippen LogP contribution in [0.5, 0.6) is 0 Å². The molecule has 0 saturated carbocycles. The molecule has 0 aliphatic carbocycles. The van der Waals surface area contributed by atoms with E-state index in [0.29, 0.717) is 5.69 Å². The molecule has 0 aliphatic rings. The number of amides is 2. The first kappa shape index (κ1) is 21.8. The van der Waals surface area contributed by atoms with Crippen LogP contribution in [0.3, 0.4) is 0 Å². The lowest BCUT2D eigenvalue weighted by molar-refractivity contribution is -0.389. The highest BCUT2D eigenvalue weighted by Crippen LogP contribution is 2.26. The van der Waals surface area contributed by atoms with E-state index in [9.17, 15) is 24.1 Å². The minimum absolute atomic E-state index is 0.0246. The highest BCUT2D eigenvalue weighted by Gasteiger charge is 2.25. The lowest BCUT2D eigenvalue weighted by Crippen LogP contribution is -2.35. The number of rotatable bonds is 8. The van der Waals surface area contributed by atoms with Gasteiger partial charge in [-0.25, -0.2) is 4.39 Å². The van der Waals surface area contributed by atoms with Crippen molar-refractivity contribution in [2.45, 2.75) is 13.5 Å². The van der Waals surface area contributed by atoms with Gasteiger partial charge in [0.05, 0.1) is 16.4 Å². The van der Waals surface area contributed by atoms with Gasteiger partial charge in [-0.05, 0) is 24.0 Å². The average Bonchev–Trinajstić information content (AvgIpc) is 3.31. The summed E-state index contributed by atoms with van der Waals surface area (Å²) >= 11 is 5.87. The molecule has 0 saturated heterocycles. The summed E-state index contributed by atoms with van der Waals surface area (Å²) in [5, 5.41) is 23.1. The smallest absolute Gasteiger partial charge is 0.358 e. The number of hydrogen-bond donors (Lipinski definition) is 2. The molecule has 0 atom stereocenters. The summed E-state index contributed by atoms with van der Waals surface area (Å²) in [7, 11) is 0. The Balaban J connectivity index is 1.51. The van der Waals surface area contributed by atoms with Crippen LogP contribution in [0, 0.1) is 22.9 Å². The molecule has 0 fully saturated rings. The third-order valence-corrected chi connectivity index (χ3v) is 4.50. The van der Waals surface area contributed by atoms with Gasteiger partial charge in [-0.2, -0.15) is 9.67 Å². The van der Waals surface area contributed by atoms with E-state index in [1.165, 1.54) is 35.9 Å². The number of carbonyl (C=O) groups excluding carboxylic acids is 2. The number of hydrogen-bond acceptors (Lipinski definition) is 8. The normalized spacial score (nSPS) is 10.7. The fourth-order valence-corrected chi connectivity index (χ4v) is 2.70. The summed E-state index contributed by atoms with van der Waals surface area (Å²) in [5.41, 5.74) is 0.222. The standard InChI is InChI=1S/C17H15ClFN7O5/c1-9-13(18)14(26(29)30)23-25(9)8-12-22-17(31-24-12)16(28)21-7-6-20-15(27)10-4-2-3-5-11(10)19/h2-5H,6-8H2,1H3,(H,20,27)(H,21,28). The summed E-state index contributed by atoms with van der Waals surface area (Å²) < 4.78 is 19.6. The van der Waals surface area contributed by atoms with E-state index in [-0.39, 0.29) is 41.9 Å². The summed E-state index contributed by atoms with van der Waals surface area (Å²) in [6, 6.07) is 5.51. The molecule has 3 aromatic rings. The SMILES string of the molecule is Cc1c(Cl)c([N+](=O)[O-])nn1Cc1noc(C(=O)NCCNC(=O)c2ccccc2F)n1. The van der Waals surface area contributed by atoms with Crippen molar-refractivity contribution < 1.29 is 23.4 Å². The van der Waals surface area contributed by atoms with Crippen molar-refractivity contribution in [1.29, 1.82) is 0 Å². The number of halogens is 2. The third-order valence-electron chi connectivity index (χ3n) is 4.06. The van der Waals surface area contributed by atoms with Crippen LogP contribution in [0.4, 0.5) is 10.2 Å². The van der Waals surface area contributed by atoms with Crippen molar-refractivity contribution in [3.8, 4) is 0 Å². The maximum absolute atomic E-state index is 13.5. The highest BCUT2D eigenvalue weighted by atomic mass is 35.5. The van der Waals surface area contributed by atoms with Crippen molar-refractivity contribution in [2.24, 2.45) is 0 Å². The van der Waals surface area contributed by atoms with Crippen molar-refractivity contribution >= 4 is 29.2 Å². The van der Waals surface area contributed by atoms with Gasteiger partial charge in [0.2, 0.25) is 0 Å². The largest absolute Gasteiger partial charge is 0.408 e. The molecular weight excluding hydrogens is 437 g/mol. The fraction of sp³-hybridized carbons (Fsp3) is 0.235. The number of nitrogens with zero attached hydrogens (tertiary/aromatic N) is 5. The first-order valence-corrected chi connectivity index (χ1v) is 9.16. The average molecular weight is 452 g/mol. The van der Waals surface area contributed by atoms with E-state index in [1.54, 1.807) is 0 Å². The molecule has 3 rings (SSSR count). The summed E-state index contributed by atoms with van der Waals surface area (Å²) in [5.74, 6) is -2.76. The van der Waals surface area contributed by atoms with Gasteiger partial charge in [0, 0.05) is 13.1 Å². The van der Waals surface area contributed by atoms with E-state index < -0.39 is 28.4 Å². The zero-order valence-electron chi connectivity index (χ0n) is 16.0. The second kappa shape index (κ2) is 9.30. The van der Waals surface area contributed by atoms with Crippen molar-refractivity contribution in [2.75, 3.05) is 13.1 Å². The number of aromatic nitrogens is 4. The van der Waals surface area contributed by atoms with E-state index in [2.05, 4.69) is 25.9 Å². The monoisotopic (exact) mass is 451 g/mol. The minimum Gasteiger partial charge on any atom is -0.358 e. The second-order valence-electron chi connectivity index (χ2n) is 6.15. The number of nitrogens with one attached hydrogen (secondary N) is 2. The zero-order valence-corrected chi connectivity index (χ0v) is 16.7. The van der Waals surface area contributed by atoms with Gasteiger partial charge < -0.3 is 25.3 Å². The Morgan fingerprint density at radius 3 is 2.58 bits per heavy atom. The summed E-state index contributed by atoms with van der Waals surface area (Å²) in [6.45, 7) is 1.49. The molecule has 0 unspecified atom stereocenters. The molecule has 1 aromatic carbocycles. The minimum atomic E-state index is -0.716. The molecule has 0 aliphatic heterocycles. The maximum atomic E-state index is 13.5. The molecule has 0 radical (unpaired) electrons. The predicted octanol–water partition coefficient (Wildman–Crippen LogP) is 1.48. The van der Waals surface area contributed by atoms with E-state index >= 15 is 0 Å². The van der Waals surface area contributed by atoms with Gasteiger partial charge >= 0.3 is 17.6 Å². The molecule has 31 heavy (non-hydrogen) atoms. The predicted molar refractivity (Wildman–Crippen MR) is 103 cm³/mol. The molecule has 14 heteroatoms. The Hall–Kier alpha value is -3.87. The second-order valence-corrected chi connectivity index (χ2v) is 6.52. The lowest BCUT2D eigenvalue weighted by Gasteiger charge is -2.06. The highest BCUT2D eigenvalue weighted by molar-refractivity contribution is 6.33. The molecule has 2 aromatic heterocycles. The molecule has 0 bridgehead atoms. The zero-order chi connectivity index (χ0) is 22.5. The van der Waals surface area contributed by atoms with Crippen LogP contribution >= 0.6 is 11.6 Å². The van der Waals surface area contributed by atoms with Gasteiger partial charge in [-0.3, -0.25) is 9.59 Å². The topological polar surface area (TPSA) is 158 Å². The Morgan fingerprint density at radius 1 is 1.26 bits per heavy atom. The van der Waals surface area contributed by atoms with Crippen molar-refractivity contribution in [3.05, 3.63) is 68.2 Å². The molecule has 0 spiro atoms. The molecular formula is C17H15ClFN7O5. The van der Waals surface area contributed by atoms with Crippen LogP contribution < -0.4 is 10.6 Å². The van der Waals surface area contributed by atoms with E-state index in [4.69, 9.17) is 16.1 Å². The van der Waals surface area contributed by atoms with Gasteiger partial charge in [0.25, 0.3) is 5.91 Å². The molecule has 12 nitrogen and oxygen atoms in total. The quantitative estimate of drug-likeness (QED) is 0.296. The van der Waals surface area contributed by atoms with Crippen LogP contribution in [0.25, 0.3) is 0 Å². The van der Waals surface area contributed by atoms with Crippen molar-refractivity contribution in [1.82, 2.24) is 30.6 Å². The maximum Gasteiger partial charge on any atom is 0.408 e. The number of carbonyl (C=O) groups is 2. The summed E-state index contributed by atoms with van der Waals surface area (Å²) in [6.07, 6.45) is 0. The molecule has 162 valence electrons. The van der Waals surface area contributed by atoms with Gasteiger partial charge in [-0.15, -0.1) is 0 Å². The molecule has 2 heterocycles.